The van der Waals surface area contributed by atoms with E-state index < -0.39 is 0 Å². The van der Waals surface area contributed by atoms with Crippen LogP contribution in [-0.4, -0.2) is 19.3 Å². The smallest absolute Gasteiger partial charge is 0.200 e. The molecule has 0 N–H and O–H groups in total. The van der Waals surface area contributed by atoms with Gasteiger partial charge in [0.1, 0.15) is 30.3 Å². The van der Waals surface area contributed by atoms with Gasteiger partial charge in [0.05, 0.1) is 17.1 Å². The van der Waals surface area contributed by atoms with E-state index in [-0.39, 0.29) is 17.5 Å². The fraction of sp³-hybridized carbons (Fsp3) is 0.400. The van der Waals surface area contributed by atoms with Crippen molar-refractivity contribution in [1.82, 2.24) is 0 Å². The molecular formula is C25H28O5. The molecule has 0 atom stereocenters. The van der Waals surface area contributed by atoms with Gasteiger partial charge in [0.15, 0.2) is 11.5 Å². The molecule has 4 rings (SSSR count). The summed E-state index contributed by atoms with van der Waals surface area (Å²) in [5, 5.41) is 0.567. The van der Waals surface area contributed by atoms with Gasteiger partial charge in [0, 0.05) is 12.0 Å². The van der Waals surface area contributed by atoms with Crippen LogP contribution in [-0.2, 0) is 6.42 Å². The summed E-state index contributed by atoms with van der Waals surface area (Å²) < 4.78 is 23.6. The minimum Gasteiger partial charge on any atom is -0.491 e. The minimum absolute atomic E-state index is 0.0330. The first kappa shape index (κ1) is 20.3. The summed E-state index contributed by atoms with van der Waals surface area (Å²) in [6.45, 7) is 11.1. The van der Waals surface area contributed by atoms with Gasteiger partial charge in [-0.25, -0.2) is 0 Å². The van der Waals surface area contributed by atoms with Crippen LogP contribution in [0.5, 0.6) is 17.2 Å². The van der Waals surface area contributed by atoms with E-state index >= 15 is 0 Å². The normalized spacial score (nSPS) is 13.3. The lowest BCUT2D eigenvalue weighted by molar-refractivity contribution is 0.171. The van der Waals surface area contributed by atoms with Crippen molar-refractivity contribution in [2.24, 2.45) is 0 Å². The lowest BCUT2D eigenvalue weighted by Crippen LogP contribution is -2.16. The first-order chi connectivity index (χ1) is 14.4. The standard InChI is InChI=1S/C25H28O5/c1-6-16-11-18-21(13-20(16)29-15(4)5)30-25(14(2)3)23(24(18)26)17-7-8-19-22(12-17)28-10-9-27-19/h7-8,11-15H,6,9-10H2,1-5H3. The van der Waals surface area contributed by atoms with E-state index in [0.29, 0.717) is 47.0 Å². The lowest BCUT2D eigenvalue weighted by Gasteiger charge is -2.20. The number of fused-ring (bicyclic) bond motifs is 2. The van der Waals surface area contributed by atoms with Crippen LogP contribution in [0.15, 0.2) is 39.5 Å². The van der Waals surface area contributed by atoms with Gasteiger partial charge in [0.2, 0.25) is 5.43 Å². The van der Waals surface area contributed by atoms with Crippen LogP contribution in [0.4, 0.5) is 0 Å². The molecule has 0 fully saturated rings. The molecule has 0 radical (unpaired) electrons. The molecule has 1 aliphatic rings. The van der Waals surface area contributed by atoms with Crippen LogP contribution in [0.3, 0.4) is 0 Å². The molecule has 5 nitrogen and oxygen atoms in total. The van der Waals surface area contributed by atoms with E-state index in [1.807, 2.05) is 58.0 Å². The van der Waals surface area contributed by atoms with Crippen molar-refractivity contribution in [2.75, 3.05) is 13.2 Å². The zero-order valence-corrected chi connectivity index (χ0v) is 18.2. The van der Waals surface area contributed by atoms with Crippen molar-refractivity contribution in [1.29, 1.82) is 0 Å². The van der Waals surface area contributed by atoms with E-state index in [1.54, 1.807) is 0 Å². The van der Waals surface area contributed by atoms with Gasteiger partial charge >= 0.3 is 0 Å². The number of rotatable bonds is 5. The molecule has 1 aliphatic heterocycles. The van der Waals surface area contributed by atoms with E-state index in [9.17, 15) is 4.79 Å². The average molecular weight is 408 g/mol. The molecule has 158 valence electrons. The Balaban J connectivity index is 1.96. The van der Waals surface area contributed by atoms with Gasteiger partial charge in [-0.1, -0.05) is 26.8 Å². The molecule has 0 aliphatic carbocycles. The van der Waals surface area contributed by atoms with Gasteiger partial charge in [-0.2, -0.15) is 0 Å². The number of hydrogen-bond acceptors (Lipinski definition) is 5. The van der Waals surface area contributed by atoms with Crippen LogP contribution in [0, 0.1) is 0 Å². The van der Waals surface area contributed by atoms with Gasteiger partial charge in [-0.05, 0) is 49.6 Å². The molecular weight excluding hydrogens is 380 g/mol. The van der Waals surface area contributed by atoms with E-state index in [2.05, 4.69) is 6.92 Å². The molecule has 3 aromatic rings. The van der Waals surface area contributed by atoms with Crippen LogP contribution < -0.4 is 19.6 Å². The highest BCUT2D eigenvalue weighted by molar-refractivity contribution is 5.85. The van der Waals surface area contributed by atoms with E-state index in [4.69, 9.17) is 18.6 Å². The highest BCUT2D eigenvalue weighted by atomic mass is 16.6. The first-order valence-corrected chi connectivity index (χ1v) is 10.6. The average Bonchev–Trinajstić information content (AvgIpc) is 2.72. The Morgan fingerprint density at radius 1 is 1.00 bits per heavy atom. The van der Waals surface area contributed by atoms with Crippen molar-refractivity contribution in [3.05, 3.63) is 51.9 Å². The third-order valence-electron chi connectivity index (χ3n) is 5.20. The van der Waals surface area contributed by atoms with Crippen molar-refractivity contribution >= 4 is 11.0 Å². The Labute approximate surface area is 176 Å². The molecule has 0 unspecified atom stereocenters. The second-order valence-electron chi connectivity index (χ2n) is 8.16. The first-order valence-electron chi connectivity index (χ1n) is 10.6. The van der Waals surface area contributed by atoms with Crippen molar-refractivity contribution in [3.63, 3.8) is 0 Å². The monoisotopic (exact) mass is 408 g/mol. The highest BCUT2D eigenvalue weighted by Gasteiger charge is 2.22. The summed E-state index contributed by atoms with van der Waals surface area (Å²) in [5.41, 5.74) is 2.86. The summed E-state index contributed by atoms with van der Waals surface area (Å²) in [5.74, 6) is 2.81. The maximum absolute atomic E-state index is 13.7. The molecule has 0 saturated carbocycles. The Morgan fingerprint density at radius 3 is 2.40 bits per heavy atom. The number of hydrogen-bond donors (Lipinski definition) is 0. The SMILES string of the molecule is CCc1cc2c(=O)c(-c3ccc4c(c3)OCCO4)c(C(C)C)oc2cc1OC(C)C. The lowest BCUT2D eigenvalue weighted by atomic mass is 9.95. The second-order valence-corrected chi connectivity index (χ2v) is 8.16. The quantitative estimate of drug-likeness (QED) is 0.542. The van der Waals surface area contributed by atoms with Crippen LogP contribution in [0.1, 0.15) is 51.9 Å². The van der Waals surface area contributed by atoms with E-state index in [0.717, 1.165) is 23.3 Å². The predicted molar refractivity (Wildman–Crippen MR) is 118 cm³/mol. The fourth-order valence-electron chi connectivity index (χ4n) is 3.80. The largest absolute Gasteiger partial charge is 0.491 e. The van der Waals surface area contributed by atoms with Crippen molar-refractivity contribution < 1.29 is 18.6 Å². The summed E-state index contributed by atoms with van der Waals surface area (Å²) in [7, 11) is 0. The predicted octanol–water partition coefficient (Wildman–Crippen LogP) is 5.70. The summed E-state index contributed by atoms with van der Waals surface area (Å²) >= 11 is 0. The zero-order valence-electron chi connectivity index (χ0n) is 18.2. The fourth-order valence-corrected chi connectivity index (χ4v) is 3.80. The summed E-state index contributed by atoms with van der Waals surface area (Å²) in [6.07, 6.45) is 0.809. The molecule has 2 heterocycles. The third-order valence-corrected chi connectivity index (χ3v) is 5.20. The molecule has 0 saturated heterocycles. The van der Waals surface area contributed by atoms with Crippen LogP contribution >= 0.6 is 0 Å². The third kappa shape index (κ3) is 3.64. The Bertz CT molecular complexity index is 1140. The Morgan fingerprint density at radius 2 is 1.73 bits per heavy atom. The minimum atomic E-state index is -0.0394. The summed E-state index contributed by atoms with van der Waals surface area (Å²) in [4.78, 5) is 13.7. The van der Waals surface area contributed by atoms with Gasteiger partial charge in [-0.3, -0.25) is 4.79 Å². The Kier molecular flexibility index (Phi) is 5.46. The number of ether oxygens (including phenoxy) is 3. The van der Waals surface area contributed by atoms with Crippen molar-refractivity contribution in [3.8, 4) is 28.4 Å². The second kappa shape index (κ2) is 8.05. The van der Waals surface area contributed by atoms with Crippen molar-refractivity contribution in [2.45, 2.75) is 53.1 Å². The number of aryl methyl sites for hydroxylation is 1. The van der Waals surface area contributed by atoms with Gasteiger partial charge in [0.25, 0.3) is 0 Å². The van der Waals surface area contributed by atoms with Gasteiger partial charge < -0.3 is 18.6 Å². The molecule has 0 amide bonds. The van der Waals surface area contributed by atoms with Gasteiger partial charge in [-0.15, -0.1) is 0 Å². The van der Waals surface area contributed by atoms with E-state index in [1.165, 1.54) is 0 Å². The van der Waals surface area contributed by atoms with Crippen LogP contribution in [0.25, 0.3) is 22.1 Å². The topological polar surface area (TPSA) is 57.9 Å². The molecule has 5 heteroatoms. The Hall–Kier alpha value is -2.95. The zero-order chi connectivity index (χ0) is 21.4. The molecule has 0 spiro atoms. The highest BCUT2D eigenvalue weighted by Crippen LogP contribution is 2.37. The van der Waals surface area contributed by atoms with Crippen LogP contribution in [0.2, 0.25) is 0 Å². The molecule has 0 bridgehead atoms. The molecule has 2 aromatic carbocycles. The maximum Gasteiger partial charge on any atom is 0.200 e. The molecule has 1 aromatic heterocycles. The number of benzene rings is 2. The summed E-state index contributed by atoms with van der Waals surface area (Å²) in [6, 6.07) is 9.39. The molecule has 30 heavy (non-hydrogen) atoms. The maximum atomic E-state index is 13.7.